The summed E-state index contributed by atoms with van der Waals surface area (Å²) in [4.78, 5) is 0. The lowest BCUT2D eigenvalue weighted by Gasteiger charge is -1.91. The monoisotopic (exact) mass is 178 g/mol. The van der Waals surface area contributed by atoms with Crippen LogP contribution in [0.15, 0.2) is 12.2 Å². The van der Waals surface area contributed by atoms with Gasteiger partial charge in [0.25, 0.3) is 0 Å². The highest BCUT2D eigenvalue weighted by Crippen LogP contribution is 2.00. The van der Waals surface area contributed by atoms with Crippen LogP contribution in [0.5, 0.6) is 0 Å². The van der Waals surface area contributed by atoms with Crippen molar-refractivity contribution in [1.29, 1.82) is 0 Å². The molecule has 0 nitrogen and oxygen atoms in total. The average molecular weight is 178 g/mol. The Labute approximate surface area is 83.4 Å². The fourth-order valence-corrected chi connectivity index (χ4v) is 1.08. The van der Waals surface area contributed by atoms with Gasteiger partial charge < -0.3 is 0 Å². The van der Waals surface area contributed by atoms with Gasteiger partial charge in [0.2, 0.25) is 0 Å². The quantitative estimate of drug-likeness (QED) is 0.420. The molecule has 0 aliphatic carbocycles. The van der Waals surface area contributed by atoms with Crippen LogP contribution < -0.4 is 0 Å². The summed E-state index contributed by atoms with van der Waals surface area (Å²) in [7, 11) is 0. The molecular formula is C13H22. The molecule has 0 heteroatoms. The molecule has 0 amide bonds. The SMILES string of the molecule is CCC/C=C\C#CCCCCCC. The van der Waals surface area contributed by atoms with Crippen molar-refractivity contribution in [3.8, 4) is 11.8 Å². The molecule has 0 rings (SSSR count). The van der Waals surface area contributed by atoms with Gasteiger partial charge in [0.15, 0.2) is 0 Å². The largest absolute Gasteiger partial charge is 0.0985 e. The minimum absolute atomic E-state index is 1.07. The van der Waals surface area contributed by atoms with Crippen LogP contribution in [-0.4, -0.2) is 0 Å². The van der Waals surface area contributed by atoms with Crippen LogP contribution >= 0.6 is 0 Å². The minimum atomic E-state index is 1.07. The number of hydrogen-bond donors (Lipinski definition) is 0. The molecule has 0 aliphatic rings. The zero-order valence-electron chi connectivity index (χ0n) is 9.10. The number of hydrogen-bond acceptors (Lipinski definition) is 0. The minimum Gasteiger partial charge on any atom is -0.0985 e. The molecule has 0 spiro atoms. The topological polar surface area (TPSA) is 0 Å². The standard InChI is InChI=1S/C13H22/c1-3-5-7-9-11-13-12-10-8-6-4-2/h7,9H,3-6,8,10,12H2,1-2H3/b9-7-. The summed E-state index contributed by atoms with van der Waals surface area (Å²) in [6.45, 7) is 4.42. The van der Waals surface area contributed by atoms with Gasteiger partial charge in [-0.1, -0.05) is 57.4 Å². The van der Waals surface area contributed by atoms with E-state index in [2.05, 4.69) is 31.8 Å². The third kappa shape index (κ3) is 11.3. The maximum absolute atomic E-state index is 3.17. The van der Waals surface area contributed by atoms with Crippen molar-refractivity contribution in [2.24, 2.45) is 0 Å². The molecule has 0 atom stereocenters. The Hall–Kier alpha value is -0.700. The summed E-state index contributed by atoms with van der Waals surface area (Å²) in [6.07, 6.45) is 12.8. The molecule has 74 valence electrons. The van der Waals surface area contributed by atoms with Gasteiger partial charge >= 0.3 is 0 Å². The molecule has 0 aromatic heterocycles. The van der Waals surface area contributed by atoms with E-state index in [-0.39, 0.29) is 0 Å². The van der Waals surface area contributed by atoms with E-state index in [4.69, 9.17) is 0 Å². The lowest BCUT2D eigenvalue weighted by molar-refractivity contribution is 0.679. The lowest BCUT2D eigenvalue weighted by Crippen LogP contribution is -1.73. The van der Waals surface area contributed by atoms with Crippen LogP contribution in [0.1, 0.15) is 58.8 Å². The molecule has 0 aliphatic heterocycles. The number of allylic oxidation sites excluding steroid dienone is 2. The Bertz CT molecular complexity index is 166. The van der Waals surface area contributed by atoms with E-state index < -0.39 is 0 Å². The van der Waals surface area contributed by atoms with Crippen molar-refractivity contribution in [2.75, 3.05) is 0 Å². The van der Waals surface area contributed by atoms with E-state index in [0.717, 1.165) is 12.8 Å². The highest BCUT2D eigenvalue weighted by Gasteiger charge is 1.82. The average Bonchev–Trinajstić information content (AvgIpc) is 2.16. The van der Waals surface area contributed by atoms with Crippen molar-refractivity contribution < 1.29 is 0 Å². The molecule has 13 heavy (non-hydrogen) atoms. The lowest BCUT2D eigenvalue weighted by atomic mass is 10.2. The Morgan fingerprint density at radius 2 is 1.85 bits per heavy atom. The molecule has 0 radical (unpaired) electrons. The van der Waals surface area contributed by atoms with Crippen molar-refractivity contribution in [2.45, 2.75) is 58.8 Å². The van der Waals surface area contributed by atoms with Gasteiger partial charge in [0.05, 0.1) is 0 Å². The summed E-state index contributed by atoms with van der Waals surface area (Å²) < 4.78 is 0. The fourth-order valence-electron chi connectivity index (χ4n) is 1.08. The first-order valence-electron chi connectivity index (χ1n) is 5.55. The molecule has 0 unspecified atom stereocenters. The van der Waals surface area contributed by atoms with E-state index >= 15 is 0 Å². The van der Waals surface area contributed by atoms with E-state index in [0.29, 0.717) is 0 Å². The maximum Gasteiger partial charge on any atom is 0.00922 e. The first-order chi connectivity index (χ1) is 6.41. The summed E-state index contributed by atoms with van der Waals surface area (Å²) in [5, 5.41) is 0. The fraction of sp³-hybridized carbons (Fsp3) is 0.692. The molecule has 0 saturated carbocycles. The van der Waals surface area contributed by atoms with E-state index in [1.54, 1.807) is 0 Å². The molecule has 0 aromatic rings. The van der Waals surface area contributed by atoms with Crippen LogP contribution in [-0.2, 0) is 0 Å². The summed E-state index contributed by atoms with van der Waals surface area (Å²) in [5.74, 6) is 6.23. The third-order valence-corrected chi connectivity index (χ3v) is 1.91. The Kier molecular flexibility index (Phi) is 10.7. The van der Waals surface area contributed by atoms with Crippen LogP contribution in [0.2, 0.25) is 0 Å². The van der Waals surface area contributed by atoms with E-state index in [1.807, 2.05) is 6.08 Å². The first-order valence-corrected chi connectivity index (χ1v) is 5.55. The van der Waals surface area contributed by atoms with Gasteiger partial charge in [-0.25, -0.2) is 0 Å². The van der Waals surface area contributed by atoms with Crippen LogP contribution in [0.4, 0.5) is 0 Å². The van der Waals surface area contributed by atoms with Crippen molar-refractivity contribution in [3.63, 3.8) is 0 Å². The predicted molar refractivity (Wildman–Crippen MR) is 60.6 cm³/mol. The van der Waals surface area contributed by atoms with Gasteiger partial charge in [-0.2, -0.15) is 0 Å². The molecule has 0 aromatic carbocycles. The molecular weight excluding hydrogens is 156 g/mol. The third-order valence-electron chi connectivity index (χ3n) is 1.91. The predicted octanol–water partition coefficient (Wildman–Crippen LogP) is 4.32. The van der Waals surface area contributed by atoms with Crippen molar-refractivity contribution >= 4 is 0 Å². The van der Waals surface area contributed by atoms with Crippen LogP contribution in [0.3, 0.4) is 0 Å². The first kappa shape index (κ1) is 12.3. The zero-order chi connectivity index (χ0) is 9.78. The summed E-state index contributed by atoms with van der Waals surface area (Å²) >= 11 is 0. The molecule has 0 N–H and O–H groups in total. The van der Waals surface area contributed by atoms with Gasteiger partial charge in [0.1, 0.15) is 0 Å². The van der Waals surface area contributed by atoms with Crippen LogP contribution in [0, 0.1) is 11.8 Å². The van der Waals surface area contributed by atoms with Crippen molar-refractivity contribution in [3.05, 3.63) is 12.2 Å². The molecule has 0 bridgehead atoms. The van der Waals surface area contributed by atoms with Gasteiger partial charge in [-0.05, 0) is 18.9 Å². The molecule has 0 saturated heterocycles. The summed E-state index contributed by atoms with van der Waals surface area (Å²) in [6, 6.07) is 0. The Balaban J connectivity index is 3.19. The molecule has 0 heterocycles. The second kappa shape index (κ2) is 11.3. The highest BCUT2D eigenvalue weighted by atomic mass is 13.9. The zero-order valence-corrected chi connectivity index (χ0v) is 9.10. The Morgan fingerprint density at radius 3 is 2.54 bits per heavy atom. The van der Waals surface area contributed by atoms with Crippen LogP contribution in [0.25, 0.3) is 0 Å². The van der Waals surface area contributed by atoms with Gasteiger partial charge in [0, 0.05) is 6.42 Å². The van der Waals surface area contributed by atoms with E-state index in [1.165, 1.54) is 32.1 Å². The summed E-state index contributed by atoms with van der Waals surface area (Å²) in [5.41, 5.74) is 0. The number of rotatable bonds is 6. The molecule has 0 fully saturated rings. The van der Waals surface area contributed by atoms with E-state index in [9.17, 15) is 0 Å². The van der Waals surface area contributed by atoms with Gasteiger partial charge in [-0.3, -0.25) is 0 Å². The maximum atomic E-state index is 3.17. The van der Waals surface area contributed by atoms with Gasteiger partial charge in [-0.15, -0.1) is 0 Å². The van der Waals surface area contributed by atoms with Crippen molar-refractivity contribution in [1.82, 2.24) is 0 Å². The smallest absolute Gasteiger partial charge is 0.00922 e. The Morgan fingerprint density at radius 1 is 1.00 bits per heavy atom. The normalized spacial score (nSPS) is 10.0. The second-order valence-electron chi connectivity index (χ2n) is 3.32. The second-order valence-corrected chi connectivity index (χ2v) is 3.32. The highest BCUT2D eigenvalue weighted by molar-refractivity contribution is 5.14. The number of unbranched alkanes of at least 4 members (excludes halogenated alkanes) is 5.